The van der Waals surface area contributed by atoms with E-state index in [2.05, 4.69) is 5.10 Å². The van der Waals surface area contributed by atoms with Crippen molar-refractivity contribution in [3.63, 3.8) is 0 Å². The summed E-state index contributed by atoms with van der Waals surface area (Å²) in [6.07, 6.45) is 0. The van der Waals surface area contributed by atoms with Crippen LogP contribution in [0.1, 0.15) is 48.4 Å². The Kier molecular flexibility index (Phi) is 4.78. The third kappa shape index (κ3) is 3.56. The second kappa shape index (κ2) is 6.60. The SMILES string of the molecule is CCn1nc(C(C)C)cc1C(=O)Oc1cc([N+](=O)[O-])ccc1C. The zero-order chi connectivity index (χ0) is 17.1. The molecule has 122 valence electrons. The highest BCUT2D eigenvalue weighted by Crippen LogP contribution is 2.25. The van der Waals surface area contributed by atoms with Gasteiger partial charge in [0.2, 0.25) is 0 Å². The molecule has 0 saturated carbocycles. The number of esters is 1. The number of nitro benzene ring substituents is 1. The molecule has 0 radical (unpaired) electrons. The first-order valence-corrected chi connectivity index (χ1v) is 7.38. The Morgan fingerprint density at radius 2 is 2.09 bits per heavy atom. The monoisotopic (exact) mass is 317 g/mol. The minimum Gasteiger partial charge on any atom is -0.421 e. The number of nitrogens with zero attached hydrogens (tertiary/aromatic N) is 3. The molecule has 0 saturated heterocycles. The van der Waals surface area contributed by atoms with Gasteiger partial charge in [-0.25, -0.2) is 4.79 Å². The van der Waals surface area contributed by atoms with Crippen LogP contribution in [0.15, 0.2) is 24.3 Å². The Balaban J connectivity index is 2.32. The van der Waals surface area contributed by atoms with Crippen LogP contribution in [-0.4, -0.2) is 20.7 Å². The van der Waals surface area contributed by atoms with Gasteiger partial charge < -0.3 is 4.74 Å². The molecule has 1 aromatic carbocycles. The highest BCUT2D eigenvalue weighted by atomic mass is 16.6. The van der Waals surface area contributed by atoms with Crippen molar-refractivity contribution in [1.29, 1.82) is 0 Å². The molecule has 0 bridgehead atoms. The first-order valence-electron chi connectivity index (χ1n) is 7.38. The van der Waals surface area contributed by atoms with Crippen LogP contribution in [0.3, 0.4) is 0 Å². The summed E-state index contributed by atoms with van der Waals surface area (Å²) < 4.78 is 6.93. The van der Waals surface area contributed by atoms with E-state index >= 15 is 0 Å². The second-order valence-corrected chi connectivity index (χ2v) is 5.52. The Labute approximate surface area is 134 Å². The molecule has 2 rings (SSSR count). The molecule has 0 aliphatic rings. The lowest BCUT2D eigenvalue weighted by Gasteiger charge is -2.08. The van der Waals surface area contributed by atoms with Gasteiger partial charge in [0.05, 0.1) is 16.7 Å². The van der Waals surface area contributed by atoms with E-state index < -0.39 is 10.9 Å². The van der Waals surface area contributed by atoms with E-state index in [-0.39, 0.29) is 17.4 Å². The lowest BCUT2D eigenvalue weighted by atomic mass is 10.1. The van der Waals surface area contributed by atoms with Crippen LogP contribution < -0.4 is 4.74 Å². The first-order chi connectivity index (χ1) is 10.8. The summed E-state index contributed by atoms with van der Waals surface area (Å²) in [6, 6.07) is 5.88. The summed E-state index contributed by atoms with van der Waals surface area (Å²) in [4.78, 5) is 22.7. The molecule has 7 nitrogen and oxygen atoms in total. The Morgan fingerprint density at radius 1 is 1.39 bits per heavy atom. The van der Waals surface area contributed by atoms with Crippen molar-refractivity contribution >= 4 is 11.7 Å². The van der Waals surface area contributed by atoms with E-state index in [0.29, 0.717) is 17.8 Å². The number of benzene rings is 1. The maximum absolute atomic E-state index is 12.4. The fourth-order valence-electron chi connectivity index (χ4n) is 2.09. The molecule has 0 N–H and O–H groups in total. The van der Waals surface area contributed by atoms with Gasteiger partial charge in [0.25, 0.3) is 5.69 Å². The molecular weight excluding hydrogens is 298 g/mol. The molecule has 0 fully saturated rings. The minimum absolute atomic E-state index is 0.120. The van der Waals surface area contributed by atoms with Crippen LogP contribution >= 0.6 is 0 Å². The van der Waals surface area contributed by atoms with Crippen molar-refractivity contribution in [3.8, 4) is 5.75 Å². The molecule has 23 heavy (non-hydrogen) atoms. The molecule has 0 spiro atoms. The quantitative estimate of drug-likeness (QED) is 0.365. The molecule has 1 aromatic heterocycles. The van der Waals surface area contributed by atoms with Crippen LogP contribution in [-0.2, 0) is 6.54 Å². The van der Waals surface area contributed by atoms with Gasteiger partial charge in [-0.15, -0.1) is 0 Å². The average Bonchev–Trinajstić information content (AvgIpc) is 2.93. The smallest absolute Gasteiger partial charge is 0.362 e. The van der Waals surface area contributed by atoms with Crippen molar-refractivity contribution in [1.82, 2.24) is 9.78 Å². The van der Waals surface area contributed by atoms with Crippen LogP contribution in [0.25, 0.3) is 0 Å². The summed E-state index contributed by atoms with van der Waals surface area (Å²) >= 11 is 0. The van der Waals surface area contributed by atoms with E-state index in [9.17, 15) is 14.9 Å². The fourth-order valence-corrected chi connectivity index (χ4v) is 2.09. The molecule has 0 atom stereocenters. The third-order valence-corrected chi connectivity index (χ3v) is 3.48. The Morgan fingerprint density at radius 3 is 2.65 bits per heavy atom. The minimum atomic E-state index is -0.574. The molecular formula is C16H19N3O4. The van der Waals surface area contributed by atoms with Gasteiger partial charge in [-0.3, -0.25) is 14.8 Å². The lowest BCUT2D eigenvalue weighted by molar-refractivity contribution is -0.384. The van der Waals surface area contributed by atoms with Gasteiger partial charge in [0.1, 0.15) is 11.4 Å². The topological polar surface area (TPSA) is 87.3 Å². The number of aromatic nitrogens is 2. The standard InChI is InChI=1S/C16H19N3O4/c1-5-18-14(9-13(17-18)10(2)3)16(20)23-15-8-12(19(21)22)7-6-11(15)4/h6-10H,5H2,1-4H3. The average molecular weight is 317 g/mol. The Hall–Kier alpha value is -2.70. The number of aryl methyl sites for hydroxylation is 2. The fraction of sp³-hybridized carbons (Fsp3) is 0.375. The zero-order valence-electron chi connectivity index (χ0n) is 13.6. The summed E-state index contributed by atoms with van der Waals surface area (Å²) in [5.41, 5.74) is 1.66. The van der Waals surface area contributed by atoms with Gasteiger partial charge in [-0.05, 0) is 37.5 Å². The maximum atomic E-state index is 12.4. The Bertz CT molecular complexity index is 750. The predicted octanol–water partition coefficient (Wildman–Crippen LogP) is 3.46. The number of carbonyl (C=O) groups is 1. The molecule has 1 heterocycles. The number of carbonyl (C=O) groups excluding carboxylic acids is 1. The largest absolute Gasteiger partial charge is 0.421 e. The van der Waals surface area contributed by atoms with E-state index in [1.807, 2.05) is 20.8 Å². The van der Waals surface area contributed by atoms with E-state index in [0.717, 1.165) is 5.69 Å². The second-order valence-electron chi connectivity index (χ2n) is 5.52. The number of hydrogen-bond donors (Lipinski definition) is 0. The van der Waals surface area contributed by atoms with Gasteiger partial charge in [0, 0.05) is 12.6 Å². The van der Waals surface area contributed by atoms with E-state index in [1.165, 1.54) is 12.1 Å². The normalized spacial score (nSPS) is 10.8. The highest BCUT2D eigenvalue weighted by Gasteiger charge is 2.20. The maximum Gasteiger partial charge on any atom is 0.362 e. The van der Waals surface area contributed by atoms with E-state index in [4.69, 9.17) is 4.74 Å². The number of nitro groups is 1. The first kappa shape index (κ1) is 16.7. The van der Waals surface area contributed by atoms with E-state index in [1.54, 1.807) is 23.7 Å². The molecule has 0 unspecified atom stereocenters. The summed E-state index contributed by atoms with van der Waals surface area (Å²) in [5.74, 6) is -0.206. The summed E-state index contributed by atoms with van der Waals surface area (Å²) in [5, 5.41) is 15.2. The van der Waals surface area contributed by atoms with Crippen molar-refractivity contribution in [2.45, 2.75) is 40.2 Å². The van der Waals surface area contributed by atoms with Crippen LogP contribution in [0.4, 0.5) is 5.69 Å². The number of rotatable bonds is 5. The number of ether oxygens (including phenoxy) is 1. The van der Waals surface area contributed by atoms with Crippen LogP contribution in [0.5, 0.6) is 5.75 Å². The summed E-state index contributed by atoms with van der Waals surface area (Å²) in [6.45, 7) is 8.12. The van der Waals surface area contributed by atoms with Crippen molar-refractivity contribution in [3.05, 3.63) is 51.3 Å². The number of hydrogen-bond acceptors (Lipinski definition) is 5. The molecule has 7 heteroatoms. The highest BCUT2D eigenvalue weighted by molar-refractivity contribution is 5.89. The zero-order valence-corrected chi connectivity index (χ0v) is 13.6. The summed E-state index contributed by atoms with van der Waals surface area (Å²) in [7, 11) is 0. The third-order valence-electron chi connectivity index (χ3n) is 3.48. The molecule has 2 aromatic rings. The molecule has 0 aliphatic carbocycles. The van der Waals surface area contributed by atoms with Gasteiger partial charge >= 0.3 is 5.97 Å². The number of non-ortho nitro benzene ring substituents is 1. The van der Waals surface area contributed by atoms with Crippen LogP contribution in [0.2, 0.25) is 0 Å². The molecule has 0 aliphatic heterocycles. The predicted molar refractivity (Wildman–Crippen MR) is 84.8 cm³/mol. The van der Waals surface area contributed by atoms with Gasteiger partial charge in [-0.1, -0.05) is 13.8 Å². The van der Waals surface area contributed by atoms with Crippen molar-refractivity contribution in [2.75, 3.05) is 0 Å². The molecule has 0 amide bonds. The van der Waals surface area contributed by atoms with Gasteiger partial charge in [0.15, 0.2) is 0 Å². The van der Waals surface area contributed by atoms with Gasteiger partial charge in [-0.2, -0.15) is 5.10 Å². The van der Waals surface area contributed by atoms with Crippen molar-refractivity contribution in [2.24, 2.45) is 0 Å². The van der Waals surface area contributed by atoms with Crippen LogP contribution in [0, 0.1) is 17.0 Å². The van der Waals surface area contributed by atoms with Crippen molar-refractivity contribution < 1.29 is 14.5 Å². The lowest BCUT2D eigenvalue weighted by Crippen LogP contribution is -2.15.